The lowest BCUT2D eigenvalue weighted by molar-refractivity contribution is -0.134. The van der Waals surface area contributed by atoms with Crippen molar-refractivity contribution in [2.24, 2.45) is 10.7 Å². The van der Waals surface area contributed by atoms with E-state index in [4.69, 9.17) is 5.73 Å². The van der Waals surface area contributed by atoms with E-state index in [-0.39, 0.29) is 18.0 Å². The van der Waals surface area contributed by atoms with Crippen molar-refractivity contribution >= 4 is 23.7 Å². The molecule has 3 atom stereocenters. The standard InChI is InChI=1S/C16H21N3O2.C7H8.C5H11F2N.C2H6/c1-12-4-6-13(7-5-12)18-15(17)8-9-16(21)19-10-2-3-14(19)11-20;1-7-5-3-2-4-6-7;1-4(8-2)5(7)3-6;1-2/h4-7,11,14H,2-3,8-10H2,1H3,(H2,17,18);2-6H,1H3;4-5,8H,3H2,1-2H3;1-2H3/t14-;;;/m0.../s1. The fourth-order valence-electron chi connectivity index (χ4n) is 3.31. The molecule has 1 aliphatic heterocycles. The van der Waals surface area contributed by atoms with E-state index < -0.39 is 12.8 Å². The number of benzene rings is 2. The largest absolute Gasteiger partial charge is 0.387 e. The molecule has 0 aliphatic carbocycles. The molecule has 2 aromatic carbocycles. The maximum absolute atomic E-state index is 12.1. The fraction of sp³-hybridized carbons (Fsp3) is 0.500. The van der Waals surface area contributed by atoms with Gasteiger partial charge in [-0.15, -0.1) is 0 Å². The maximum atomic E-state index is 12.1. The number of hydrogen-bond acceptors (Lipinski definition) is 4. The van der Waals surface area contributed by atoms with Gasteiger partial charge in [-0.05, 0) is 52.8 Å². The number of aryl methyl sites for hydroxylation is 2. The molecular weight excluding hydrogens is 486 g/mol. The van der Waals surface area contributed by atoms with Gasteiger partial charge >= 0.3 is 0 Å². The van der Waals surface area contributed by atoms with Crippen molar-refractivity contribution in [2.75, 3.05) is 20.3 Å². The predicted octanol–water partition coefficient (Wildman–Crippen LogP) is 5.88. The molecule has 1 aliphatic rings. The van der Waals surface area contributed by atoms with Crippen LogP contribution in [0.5, 0.6) is 0 Å². The zero-order valence-corrected chi connectivity index (χ0v) is 23.8. The number of nitrogens with one attached hydrogen (secondary N) is 1. The summed E-state index contributed by atoms with van der Waals surface area (Å²) in [6.07, 6.45) is 1.86. The minimum atomic E-state index is -1.36. The van der Waals surface area contributed by atoms with Crippen LogP contribution in [-0.2, 0) is 9.59 Å². The first-order valence-corrected chi connectivity index (χ1v) is 13.2. The van der Waals surface area contributed by atoms with Crippen LogP contribution < -0.4 is 11.1 Å². The Morgan fingerprint density at radius 2 is 1.68 bits per heavy atom. The minimum Gasteiger partial charge on any atom is -0.387 e. The fourth-order valence-corrected chi connectivity index (χ4v) is 3.31. The van der Waals surface area contributed by atoms with Gasteiger partial charge in [-0.25, -0.2) is 13.8 Å². The second kappa shape index (κ2) is 20.9. The van der Waals surface area contributed by atoms with Gasteiger partial charge < -0.3 is 20.7 Å². The molecule has 0 saturated carbocycles. The highest BCUT2D eigenvalue weighted by Crippen LogP contribution is 2.17. The van der Waals surface area contributed by atoms with Gasteiger partial charge in [0.25, 0.3) is 0 Å². The van der Waals surface area contributed by atoms with Crippen molar-refractivity contribution in [3.8, 4) is 0 Å². The van der Waals surface area contributed by atoms with Crippen LogP contribution in [0.4, 0.5) is 14.5 Å². The molecule has 212 valence electrons. The first-order chi connectivity index (χ1) is 18.2. The average molecular weight is 533 g/mol. The average Bonchev–Trinajstić information content (AvgIpc) is 3.43. The number of aldehydes is 1. The molecule has 6 nitrogen and oxygen atoms in total. The first-order valence-electron chi connectivity index (χ1n) is 13.2. The van der Waals surface area contributed by atoms with Gasteiger partial charge in [0.15, 0.2) is 0 Å². The van der Waals surface area contributed by atoms with Gasteiger partial charge in [-0.3, -0.25) is 4.79 Å². The van der Waals surface area contributed by atoms with Crippen molar-refractivity contribution in [3.05, 3.63) is 65.7 Å². The quantitative estimate of drug-likeness (QED) is 0.253. The van der Waals surface area contributed by atoms with Crippen molar-refractivity contribution in [1.29, 1.82) is 0 Å². The molecule has 0 radical (unpaired) electrons. The van der Waals surface area contributed by atoms with Crippen LogP contribution >= 0.6 is 0 Å². The lowest BCUT2D eigenvalue weighted by Crippen LogP contribution is -2.36. The monoisotopic (exact) mass is 532 g/mol. The number of halogens is 2. The van der Waals surface area contributed by atoms with Gasteiger partial charge in [0, 0.05) is 25.4 Å². The second-order valence-corrected chi connectivity index (χ2v) is 8.77. The highest BCUT2D eigenvalue weighted by atomic mass is 19.2. The summed E-state index contributed by atoms with van der Waals surface area (Å²) in [6.45, 7) is 9.46. The Labute approximate surface area is 227 Å². The number of hydrogen-bond donors (Lipinski definition) is 2. The molecule has 3 rings (SSSR count). The van der Waals surface area contributed by atoms with E-state index in [1.54, 1.807) is 18.9 Å². The predicted molar refractivity (Wildman–Crippen MR) is 154 cm³/mol. The first kappa shape index (κ1) is 34.9. The number of alkyl halides is 2. The number of carbonyl (C=O) groups excluding carboxylic acids is 2. The Bertz CT molecular complexity index is 916. The van der Waals surface area contributed by atoms with Gasteiger partial charge in [-0.2, -0.15) is 0 Å². The molecule has 1 amide bonds. The van der Waals surface area contributed by atoms with E-state index in [2.05, 4.69) is 29.4 Å². The summed E-state index contributed by atoms with van der Waals surface area (Å²) in [4.78, 5) is 28.9. The molecule has 0 bridgehead atoms. The van der Waals surface area contributed by atoms with E-state index >= 15 is 0 Å². The Morgan fingerprint density at radius 1 is 1.11 bits per heavy atom. The van der Waals surface area contributed by atoms with Crippen molar-refractivity contribution < 1.29 is 18.4 Å². The van der Waals surface area contributed by atoms with Crippen LogP contribution in [0.15, 0.2) is 59.6 Å². The molecule has 1 fully saturated rings. The molecule has 38 heavy (non-hydrogen) atoms. The molecule has 2 aromatic rings. The summed E-state index contributed by atoms with van der Waals surface area (Å²) in [5.41, 5.74) is 9.14. The highest BCUT2D eigenvalue weighted by Gasteiger charge is 2.27. The van der Waals surface area contributed by atoms with Gasteiger partial charge in [0.05, 0.1) is 11.7 Å². The van der Waals surface area contributed by atoms with Gasteiger partial charge in [0.1, 0.15) is 25.0 Å². The lowest BCUT2D eigenvalue weighted by atomic mass is 10.2. The number of likely N-dealkylation sites (tertiary alicyclic amines) is 1. The third-order valence-electron chi connectivity index (χ3n) is 5.76. The molecule has 0 aromatic heterocycles. The Morgan fingerprint density at radius 3 is 2.13 bits per heavy atom. The van der Waals surface area contributed by atoms with Crippen LogP contribution in [0.25, 0.3) is 0 Å². The summed E-state index contributed by atoms with van der Waals surface area (Å²) < 4.78 is 23.5. The maximum Gasteiger partial charge on any atom is 0.223 e. The summed E-state index contributed by atoms with van der Waals surface area (Å²) in [5.74, 6) is 0.417. The third kappa shape index (κ3) is 14.6. The molecule has 1 heterocycles. The topological polar surface area (TPSA) is 87.8 Å². The van der Waals surface area contributed by atoms with Crippen LogP contribution in [-0.4, -0.2) is 61.5 Å². The molecule has 2 unspecified atom stereocenters. The van der Waals surface area contributed by atoms with Crippen LogP contribution in [0, 0.1) is 13.8 Å². The third-order valence-corrected chi connectivity index (χ3v) is 5.76. The van der Waals surface area contributed by atoms with Gasteiger partial charge in [0.2, 0.25) is 5.91 Å². The normalized spacial score (nSPS) is 15.9. The van der Waals surface area contributed by atoms with Crippen molar-refractivity contribution in [1.82, 2.24) is 10.2 Å². The van der Waals surface area contributed by atoms with Gasteiger partial charge in [-0.1, -0.05) is 67.4 Å². The number of aliphatic imine (C=N–C) groups is 1. The van der Waals surface area contributed by atoms with E-state index in [1.807, 2.05) is 63.2 Å². The van der Waals surface area contributed by atoms with Crippen LogP contribution in [0.1, 0.15) is 57.6 Å². The number of amides is 1. The molecule has 1 saturated heterocycles. The Kier molecular flexibility index (Phi) is 19.2. The van der Waals surface area contributed by atoms with E-state index in [0.717, 1.165) is 30.4 Å². The second-order valence-electron chi connectivity index (χ2n) is 8.77. The van der Waals surface area contributed by atoms with E-state index in [9.17, 15) is 18.4 Å². The molecular formula is C30H46F2N4O2. The molecule has 8 heteroatoms. The zero-order chi connectivity index (χ0) is 28.9. The molecule has 0 spiro atoms. The van der Waals surface area contributed by atoms with Crippen LogP contribution in [0.2, 0.25) is 0 Å². The summed E-state index contributed by atoms with van der Waals surface area (Å²) >= 11 is 0. The number of carbonyl (C=O) groups is 2. The van der Waals surface area contributed by atoms with E-state index in [1.165, 1.54) is 5.56 Å². The summed E-state index contributed by atoms with van der Waals surface area (Å²) in [6, 6.07) is 17.4. The highest BCUT2D eigenvalue weighted by molar-refractivity contribution is 5.88. The Hall–Kier alpha value is -3.13. The number of nitrogens with two attached hydrogens (primary N) is 1. The number of rotatable bonds is 8. The minimum absolute atomic E-state index is 0.0216. The summed E-state index contributed by atoms with van der Waals surface area (Å²) in [5, 5.41) is 2.60. The van der Waals surface area contributed by atoms with E-state index in [0.29, 0.717) is 25.2 Å². The summed E-state index contributed by atoms with van der Waals surface area (Å²) in [7, 11) is 1.60. The smallest absolute Gasteiger partial charge is 0.223 e. The number of nitrogens with zero attached hydrogens (tertiary/aromatic N) is 2. The zero-order valence-electron chi connectivity index (χ0n) is 23.8. The Balaban J connectivity index is 0.000000659. The lowest BCUT2D eigenvalue weighted by Gasteiger charge is -2.20. The van der Waals surface area contributed by atoms with Crippen molar-refractivity contribution in [3.63, 3.8) is 0 Å². The van der Waals surface area contributed by atoms with Crippen molar-refractivity contribution in [2.45, 2.75) is 78.6 Å². The SMILES string of the molecule is CC.CNC(C)C(F)CF.Cc1ccc(N=C(N)CCC(=O)N2CCC[C@H]2C=O)cc1.Cc1ccccc1. The molecule has 3 N–H and O–H groups in total. The van der Waals surface area contributed by atoms with Crippen LogP contribution in [0.3, 0.4) is 0 Å². The number of amidine groups is 1.